The predicted molar refractivity (Wildman–Crippen MR) is 179 cm³/mol. The number of benzene rings is 2. The van der Waals surface area contributed by atoms with Gasteiger partial charge in [0.1, 0.15) is 23.3 Å². The number of ether oxygens (including phenoxy) is 2. The summed E-state index contributed by atoms with van der Waals surface area (Å²) in [7, 11) is 0. The Hall–Kier alpha value is -4.54. The van der Waals surface area contributed by atoms with Crippen molar-refractivity contribution in [3.05, 3.63) is 59.2 Å². The minimum atomic E-state index is -0.642. The van der Waals surface area contributed by atoms with Crippen molar-refractivity contribution in [2.75, 3.05) is 54.0 Å². The number of pyridine rings is 1. The summed E-state index contributed by atoms with van der Waals surface area (Å²) in [5.41, 5.74) is 3.20. The van der Waals surface area contributed by atoms with Gasteiger partial charge in [0.25, 0.3) is 0 Å². The van der Waals surface area contributed by atoms with E-state index in [-0.39, 0.29) is 18.6 Å². The topological polar surface area (TPSA) is 109 Å². The fraction of sp³-hybridized carbons (Fsp3) is 0.500. The molecule has 0 N–H and O–H groups in total. The van der Waals surface area contributed by atoms with Crippen molar-refractivity contribution >= 4 is 34.2 Å². The molecule has 2 fully saturated rings. The molecule has 3 aliphatic heterocycles. The highest BCUT2D eigenvalue weighted by Crippen LogP contribution is 2.39. The van der Waals surface area contributed by atoms with Crippen LogP contribution < -0.4 is 14.7 Å². The van der Waals surface area contributed by atoms with Gasteiger partial charge >= 0.3 is 6.09 Å². The number of rotatable bonds is 4. The van der Waals surface area contributed by atoms with Gasteiger partial charge in [0.15, 0.2) is 0 Å². The summed E-state index contributed by atoms with van der Waals surface area (Å²) in [5.74, 6) is 1.53. The van der Waals surface area contributed by atoms with Gasteiger partial charge in [-0.25, -0.2) is 9.78 Å². The Labute approximate surface area is 271 Å². The molecule has 1 aromatic heterocycles. The summed E-state index contributed by atoms with van der Waals surface area (Å²) in [6.07, 6.45) is 0.596. The molecular formula is C36H43N7O3. The molecule has 46 heavy (non-hydrogen) atoms. The van der Waals surface area contributed by atoms with E-state index in [4.69, 9.17) is 14.5 Å². The van der Waals surface area contributed by atoms with E-state index in [0.29, 0.717) is 50.6 Å². The third-order valence-corrected chi connectivity index (χ3v) is 9.03. The molecule has 4 heterocycles. The van der Waals surface area contributed by atoms with Gasteiger partial charge in [-0.05, 0) is 58.1 Å². The Morgan fingerprint density at radius 3 is 2.39 bits per heavy atom. The molecule has 6 rings (SSSR count). The maximum Gasteiger partial charge on any atom is 0.410 e. The average molecular weight is 622 g/mol. The summed E-state index contributed by atoms with van der Waals surface area (Å²) < 4.78 is 11.8. The van der Waals surface area contributed by atoms with Crippen LogP contribution in [0, 0.1) is 22.7 Å². The number of carbonyl (C=O) groups is 1. The number of fused-ring (bicyclic) bond motifs is 2. The lowest BCUT2D eigenvalue weighted by molar-refractivity contribution is -0.00551. The molecule has 240 valence electrons. The quantitative estimate of drug-likeness (QED) is 0.367. The van der Waals surface area contributed by atoms with Gasteiger partial charge in [-0.1, -0.05) is 36.4 Å². The summed E-state index contributed by atoms with van der Waals surface area (Å²) in [5, 5.41) is 22.8. The lowest BCUT2D eigenvalue weighted by atomic mass is 9.93. The summed E-state index contributed by atoms with van der Waals surface area (Å²) in [6.45, 7) is 13.8. The molecule has 0 aliphatic carbocycles. The number of aromatic nitrogens is 1. The molecule has 0 spiro atoms. The molecule has 0 saturated carbocycles. The van der Waals surface area contributed by atoms with E-state index in [1.807, 2.05) is 20.8 Å². The molecule has 3 atom stereocenters. The molecule has 0 radical (unpaired) electrons. The maximum absolute atomic E-state index is 13.1. The molecule has 3 unspecified atom stereocenters. The SMILES string of the molecule is CC1CN(c2nc(N3CCN(C(=O)OC(C)(C)C)C(CC#N)C3)c(C#N)c3c2CCN(c2cccc4ccccc24)C3)CC(C)O1. The van der Waals surface area contributed by atoms with Crippen LogP contribution in [-0.2, 0) is 22.4 Å². The van der Waals surface area contributed by atoms with E-state index in [0.717, 1.165) is 35.6 Å². The molecule has 10 heteroatoms. The molecule has 2 aromatic carbocycles. The van der Waals surface area contributed by atoms with E-state index >= 15 is 0 Å². The minimum absolute atomic E-state index is 0.0495. The monoisotopic (exact) mass is 621 g/mol. The van der Waals surface area contributed by atoms with Crippen molar-refractivity contribution in [1.29, 1.82) is 10.5 Å². The Morgan fingerprint density at radius 2 is 1.67 bits per heavy atom. The fourth-order valence-electron chi connectivity index (χ4n) is 7.14. The largest absolute Gasteiger partial charge is 0.444 e. The van der Waals surface area contributed by atoms with E-state index in [1.54, 1.807) is 4.90 Å². The third-order valence-electron chi connectivity index (χ3n) is 9.03. The Morgan fingerprint density at radius 1 is 0.935 bits per heavy atom. The van der Waals surface area contributed by atoms with Gasteiger partial charge in [-0.3, -0.25) is 0 Å². The fourth-order valence-corrected chi connectivity index (χ4v) is 7.14. The van der Waals surface area contributed by atoms with Crippen molar-refractivity contribution in [3.8, 4) is 12.1 Å². The van der Waals surface area contributed by atoms with Crippen molar-refractivity contribution in [2.24, 2.45) is 0 Å². The van der Waals surface area contributed by atoms with Crippen molar-refractivity contribution in [2.45, 2.75) is 77.9 Å². The number of amides is 1. The van der Waals surface area contributed by atoms with E-state index in [9.17, 15) is 15.3 Å². The highest BCUT2D eigenvalue weighted by molar-refractivity contribution is 5.94. The van der Waals surface area contributed by atoms with Crippen LogP contribution in [0.1, 0.15) is 57.7 Å². The number of morpholine rings is 1. The molecule has 0 bridgehead atoms. The second kappa shape index (κ2) is 12.7. The van der Waals surface area contributed by atoms with Crippen LogP contribution in [0.4, 0.5) is 22.1 Å². The van der Waals surface area contributed by atoms with Crippen molar-refractivity contribution in [1.82, 2.24) is 9.88 Å². The highest BCUT2D eigenvalue weighted by atomic mass is 16.6. The smallest absolute Gasteiger partial charge is 0.410 e. The van der Waals surface area contributed by atoms with Gasteiger partial charge in [0.05, 0.1) is 36.3 Å². The van der Waals surface area contributed by atoms with Gasteiger partial charge in [0, 0.05) is 62.5 Å². The Bertz CT molecular complexity index is 1690. The molecule has 2 saturated heterocycles. The second-order valence-corrected chi connectivity index (χ2v) is 13.7. The number of anilines is 3. The van der Waals surface area contributed by atoms with Crippen LogP contribution in [0.2, 0.25) is 0 Å². The molecular weight excluding hydrogens is 578 g/mol. The number of piperazine rings is 1. The van der Waals surface area contributed by atoms with Crippen molar-refractivity contribution < 1.29 is 14.3 Å². The Balaban J connectivity index is 1.41. The van der Waals surface area contributed by atoms with E-state index < -0.39 is 17.7 Å². The number of hydrogen-bond donors (Lipinski definition) is 0. The first-order valence-electron chi connectivity index (χ1n) is 16.3. The first-order chi connectivity index (χ1) is 22.1. The van der Waals surface area contributed by atoms with Gasteiger partial charge < -0.3 is 29.1 Å². The summed E-state index contributed by atoms with van der Waals surface area (Å²) >= 11 is 0. The number of nitriles is 2. The summed E-state index contributed by atoms with van der Waals surface area (Å²) in [6, 6.07) is 19.2. The van der Waals surface area contributed by atoms with Crippen LogP contribution in [0.15, 0.2) is 42.5 Å². The standard InChI is InChI=1S/C36H43N7O3/c1-24-20-42(21-25(2)45-24)33-29-14-16-40(32-12-8-10-26-9-6-7-11-28(26)32)23-31(29)30(19-38)34(39-33)41-17-18-43(27(22-41)13-15-37)35(44)46-36(3,4)5/h6-12,24-25,27H,13-14,16-18,20-23H2,1-5H3. The minimum Gasteiger partial charge on any atom is -0.444 e. The number of nitrogens with zero attached hydrogens (tertiary/aromatic N) is 7. The zero-order valence-electron chi connectivity index (χ0n) is 27.5. The third kappa shape index (κ3) is 6.27. The van der Waals surface area contributed by atoms with Gasteiger partial charge in [0.2, 0.25) is 0 Å². The van der Waals surface area contributed by atoms with E-state index in [2.05, 4.69) is 83.2 Å². The molecule has 1 amide bonds. The maximum atomic E-state index is 13.1. The first-order valence-corrected chi connectivity index (χ1v) is 16.3. The van der Waals surface area contributed by atoms with Crippen LogP contribution >= 0.6 is 0 Å². The van der Waals surface area contributed by atoms with Crippen LogP contribution in [0.25, 0.3) is 10.8 Å². The molecule has 3 aliphatic rings. The van der Waals surface area contributed by atoms with Gasteiger partial charge in [-0.2, -0.15) is 10.5 Å². The van der Waals surface area contributed by atoms with Crippen LogP contribution in [0.3, 0.4) is 0 Å². The lowest BCUT2D eigenvalue weighted by Gasteiger charge is -2.43. The molecule has 10 nitrogen and oxygen atoms in total. The predicted octanol–water partition coefficient (Wildman–Crippen LogP) is 5.62. The second-order valence-electron chi connectivity index (χ2n) is 13.7. The number of hydrogen-bond acceptors (Lipinski definition) is 9. The summed E-state index contributed by atoms with van der Waals surface area (Å²) in [4.78, 5) is 26.9. The average Bonchev–Trinajstić information content (AvgIpc) is 3.02. The Kier molecular flexibility index (Phi) is 8.67. The van der Waals surface area contributed by atoms with Crippen LogP contribution in [-0.4, -0.2) is 79.1 Å². The van der Waals surface area contributed by atoms with E-state index in [1.165, 1.54) is 10.8 Å². The van der Waals surface area contributed by atoms with Crippen LogP contribution in [0.5, 0.6) is 0 Å². The lowest BCUT2D eigenvalue weighted by Crippen LogP contribution is -2.56. The zero-order valence-corrected chi connectivity index (χ0v) is 27.5. The molecule has 3 aromatic rings. The number of carbonyl (C=O) groups excluding carboxylic acids is 1. The highest BCUT2D eigenvalue weighted by Gasteiger charge is 2.37. The first kappa shape index (κ1) is 31.4. The normalized spacial score (nSPS) is 21.8. The van der Waals surface area contributed by atoms with Crippen molar-refractivity contribution in [3.63, 3.8) is 0 Å². The van der Waals surface area contributed by atoms with Gasteiger partial charge in [-0.15, -0.1) is 0 Å². The zero-order chi connectivity index (χ0) is 32.6.